The number of alkyl halides is 1. The molecule has 0 saturated carbocycles. The summed E-state index contributed by atoms with van der Waals surface area (Å²) in [6, 6.07) is 7.64. The Labute approximate surface area is 129 Å². The van der Waals surface area contributed by atoms with E-state index in [0.717, 1.165) is 4.47 Å². The smallest absolute Gasteiger partial charge is 0.324 e. The van der Waals surface area contributed by atoms with Gasteiger partial charge in [0.2, 0.25) is 0 Å². The fourth-order valence-corrected chi connectivity index (χ4v) is 1.89. The van der Waals surface area contributed by atoms with Gasteiger partial charge >= 0.3 is 6.03 Å². The molecule has 2 aromatic rings. The van der Waals surface area contributed by atoms with E-state index in [1.54, 1.807) is 30.5 Å². The molecule has 21 heavy (non-hydrogen) atoms. The number of aromatic nitrogens is 1. The molecular weight excluding hydrogens is 341 g/mol. The Morgan fingerprint density at radius 3 is 2.76 bits per heavy atom. The average molecular weight is 354 g/mol. The molecule has 0 aliphatic carbocycles. The maximum atomic E-state index is 12.7. The molecule has 0 aliphatic rings. The molecule has 0 atom stereocenters. The Hall–Kier alpha value is -2.15. The predicted molar refractivity (Wildman–Crippen MR) is 82.4 cm³/mol. The summed E-state index contributed by atoms with van der Waals surface area (Å²) >= 11 is 3.26. The highest BCUT2D eigenvalue weighted by molar-refractivity contribution is 9.10. The first-order valence-electron chi connectivity index (χ1n) is 6.05. The van der Waals surface area contributed by atoms with Gasteiger partial charge < -0.3 is 10.1 Å². The van der Waals surface area contributed by atoms with Crippen molar-refractivity contribution in [2.75, 3.05) is 17.7 Å². The van der Waals surface area contributed by atoms with E-state index in [0.29, 0.717) is 22.8 Å². The Kier molecular flexibility index (Phi) is 5.10. The second-order valence-electron chi connectivity index (χ2n) is 4.11. The second-order valence-corrected chi connectivity index (χ2v) is 5.02. The van der Waals surface area contributed by atoms with Gasteiger partial charge in [-0.05, 0) is 45.8 Å². The number of hydrogen-bond acceptors (Lipinski definition) is 3. The SMILES string of the molecule is COc1ccc(CF)cc1NC(=O)Nc1ccc(Br)cn1. The van der Waals surface area contributed by atoms with Gasteiger partial charge in [-0.3, -0.25) is 5.32 Å². The minimum atomic E-state index is -0.617. The van der Waals surface area contributed by atoms with Crippen molar-refractivity contribution in [3.63, 3.8) is 0 Å². The van der Waals surface area contributed by atoms with Crippen LogP contribution in [0.3, 0.4) is 0 Å². The van der Waals surface area contributed by atoms with Crippen molar-refractivity contribution in [2.24, 2.45) is 0 Å². The summed E-state index contributed by atoms with van der Waals surface area (Å²) in [5.74, 6) is 0.849. The van der Waals surface area contributed by atoms with E-state index < -0.39 is 12.7 Å². The van der Waals surface area contributed by atoms with Gasteiger partial charge in [0.25, 0.3) is 0 Å². The molecule has 0 spiro atoms. The number of carbonyl (C=O) groups is 1. The second kappa shape index (κ2) is 7.03. The van der Waals surface area contributed by atoms with Crippen LogP contribution < -0.4 is 15.4 Å². The summed E-state index contributed by atoms with van der Waals surface area (Å²) < 4.78 is 18.6. The Balaban J connectivity index is 2.09. The largest absolute Gasteiger partial charge is 0.495 e. The molecule has 0 bridgehead atoms. The van der Waals surface area contributed by atoms with Crippen LogP contribution in [0.25, 0.3) is 0 Å². The average Bonchev–Trinajstić information content (AvgIpc) is 2.49. The van der Waals surface area contributed by atoms with E-state index >= 15 is 0 Å². The first-order chi connectivity index (χ1) is 10.1. The standard InChI is InChI=1S/C14H13BrFN3O2/c1-21-12-4-2-9(7-16)6-11(12)18-14(20)19-13-5-3-10(15)8-17-13/h2-6,8H,7H2,1H3,(H2,17,18,19,20). The molecule has 110 valence electrons. The minimum absolute atomic E-state index is 0.391. The number of urea groups is 1. The van der Waals surface area contributed by atoms with E-state index in [-0.39, 0.29) is 0 Å². The van der Waals surface area contributed by atoms with Crippen LogP contribution in [0.1, 0.15) is 5.56 Å². The number of pyridine rings is 1. The highest BCUT2D eigenvalue weighted by Crippen LogP contribution is 2.26. The van der Waals surface area contributed by atoms with E-state index in [9.17, 15) is 9.18 Å². The predicted octanol–water partition coefficient (Wildman–Crippen LogP) is 3.97. The van der Waals surface area contributed by atoms with Crippen molar-refractivity contribution >= 4 is 33.5 Å². The third-order valence-electron chi connectivity index (χ3n) is 2.64. The first-order valence-corrected chi connectivity index (χ1v) is 6.84. The van der Waals surface area contributed by atoms with Gasteiger partial charge in [0.05, 0.1) is 12.8 Å². The number of methoxy groups -OCH3 is 1. The minimum Gasteiger partial charge on any atom is -0.495 e. The number of rotatable bonds is 4. The zero-order valence-electron chi connectivity index (χ0n) is 11.2. The maximum Gasteiger partial charge on any atom is 0.324 e. The number of hydrogen-bond donors (Lipinski definition) is 2. The van der Waals surface area contributed by atoms with Crippen molar-refractivity contribution < 1.29 is 13.9 Å². The molecule has 0 saturated heterocycles. The molecule has 0 unspecified atom stereocenters. The van der Waals surface area contributed by atoms with Crippen molar-refractivity contribution in [3.8, 4) is 5.75 Å². The topological polar surface area (TPSA) is 63.2 Å². The van der Waals surface area contributed by atoms with Crippen LogP contribution in [0.15, 0.2) is 41.0 Å². The van der Waals surface area contributed by atoms with Crippen LogP contribution in [0.2, 0.25) is 0 Å². The Morgan fingerprint density at radius 1 is 1.33 bits per heavy atom. The van der Waals surface area contributed by atoms with Crippen LogP contribution >= 0.6 is 15.9 Å². The lowest BCUT2D eigenvalue weighted by Gasteiger charge is -2.11. The van der Waals surface area contributed by atoms with E-state index in [1.807, 2.05) is 0 Å². The van der Waals surface area contributed by atoms with Crippen molar-refractivity contribution in [3.05, 3.63) is 46.6 Å². The lowest BCUT2D eigenvalue weighted by Crippen LogP contribution is -2.20. The van der Waals surface area contributed by atoms with Gasteiger partial charge in [-0.25, -0.2) is 14.2 Å². The maximum absolute atomic E-state index is 12.7. The molecule has 0 fully saturated rings. The number of ether oxygens (including phenoxy) is 1. The lowest BCUT2D eigenvalue weighted by atomic mass is 10.2. The number of halogens is 2. The zero-order valence-corrected chi connectivity index (χ0v) is 12.8. The third-order valence-corrected chi connectivity index (χ3v) is 3.10. The van der Waals surface area contributed by atoms with Crippen molar-refractivity contribution in [2.45, 2.75) is 6.67 Å². The van der Waals surface area contributed by atoms with E-state index in [1.165, 1.54) is 13.2 Å². The number of nitrogens with one attached hydrogen (secondary N) is 2. The summed E-state index contributed by atoms with van der Waals surface area (Å²) in [5.41, 5.74) is 0.843. The Morgan fingerprint density at radius 2 is 2.14 bits per heavy atom. The van der Waals surface area contributed by atoms with Gasteiger partial charge in [0, 0.05) is 10.7 Å². The molecule has 0 aliphatic heterocycles. The molecule has 5 nitrogen and oxygen atoms in total. The quantitative estimate of drug-likeness (QED) is 0.874. The Bertz CT molecular complexity index is 635. The van der Waals surface area contributed by atoms with Crippen LogP contribution in [0.4, 0.5) is 20.7 Å². The summed E-state index contributed by atoms with van der Waals surface area (Å²) in [6.45, 7) is -0.617. The molecule has 2 rings (SSSR count). The molecule has 1 aromatic heterocycles. The first kappa shape index (κ1) is 15.2. The van der Waals surface area contributed by atoms with Gasteiger partial charge in [-0.2, -0.15) is 0 Å². The van der Waals surface area contributed by atoms with Gasteiger partial charge in [-0.15, -0.1) is 0 Å². The summed E-state index contributed by atoms with van der Waals surface area (Å²) in [7, 11) is 1.48. The molecule has 1 aromatic carbocycles. The normalized spacial score (nSPS) is 10.0. The molecular formula is C14H13BrFN3O2. The van der Waals surface area contributed by atoms with Crippen LogP contribution in [0.5, 0.6) is 5.75 Å². The van der Waals surface area contributed by atoms with Crippen LogP contribution in [0, 0.1) is 0 Å². The molecule has 2 amide bonds. The van der Waals surface area contributed by atoms with Gasteiger partial charge in [0.15, 0.2) is 0 Å². The lowest BCUT2D eigenvalue weighted by molar-refractivity contribution is 0.262. The van der Waals surface area contributed by atoms with Crippen molar-refractivity contribution in [1.82, 2.24) is 4.98 Å². The van der Waals surface area contributed by atoms with Crippen LogP contribution in [-0.4, -0.2) is 18.1 Å². The molecule has 2 N–H and O–H groups in total. The summed E-state index contributed by atoms with van der Waals surface area (Å²) in [4.78, 5) is 15.9. The monoisotopic (exact) mass is 353 g/mol. The fraction of sp³-hybridized carbons (Fsp3) is 0.143. The number of benzene rings is 1. The van der Waals surface area contributed by atoms with E-state index in [2.05, 4.69) is 31.5 Å². The fourth-order valence-electron chi connectivity index (χ4n) is 1.66. The molecule has 1 heterocycles. The van der Waals surface area contributed by atoms with Gasteiger partial charge in [-0.1, -0.05) is 6.07 Å². The summed E-state index contributed by atoms with van der Waals surface area (Å²) in [5, 5.41) is 5.18. The van der Waals surface area contributed by atoms with Crippen LogP contribution in [-0.2, 0) is 6.67 Å². The van der Waals surface area contributed by atoms with Crippen molar-refractivity contribution in [1.29, 1.82) is 0 Å². The third kappa shape index (κ3) is 4.16. The van der Waals surface area contributed by atoms with E-state index in [4.69, 9.17) is 4.74 Å². The number of amides is 2. The number of carbonyl (C=O) groups excluding carboxylic acids is 1. The number of anilines is 2. The highest BCUT2D eigenvalue weighted by Gasteiger charge is 2.09. The zero-order chi connectivity index (χ0) is 15.2. The molecule has 7 heteroatoms. The number of nitrogens with zero attached hydrogens (tertiary/aromatic N) is 1. The summed E-state index contributed by atoms with van der Waals surface area (Å²) in [6.07, 6.45) is 1.57. The molecule has 0 radical (unpaired) electrons. The highest BCUT2D eigenvalue weighted by atomic mass is 79.9. The van der Waals surface area contributed by atoms with Gasteiger partial charge in [0.1, 0.15) is 18.2 Å².